The number of carbonyl (C=O) groups excluding carboxylic acids is 4. The summed E-state index contributed by atoms with van der Waals surface area (Å²) in [6.45, 7) is 4.46. The first-order valence-corrected chi connectivity index (χ1v) is 12.8. The number of rotatable bonds is 9. The lowest BCUT2D eigenvalue weighted by Crippen LogP contribution is -2.72. The maximum Gasteiger partial charge on any atom is 0.328 e. The van der Waals surface area contributed by atoms with Crippen molar-refractivity contribution < 1.29 is 28.7 Å². The number of nitrogens with one attached hydrogen (secondary N) is 3. The van der Waals surface area contributed by atoms with E-state index in [4.69, 9.17) is 9.47 Å². The summed E-state index contributed by atoms with van der Waals surface area (Å²) in [5.74, 6) is 0.0371. The van der Waals surface area contributed by atoms with E-state index in [9.17, 15) is 19.2 Å². The number of amides is 5. The van der Waals surface area contributed by atoms with E-state index in [1.165, 1.54) is 0 Å². The first-order valence-electron chi connectivity index (χ1n) is 12.8. The van der Waals surface area contributed by atoms with Crippen molar-refractivity contribution in [2.45, 2.75) is 64.5 Å². The molecule has 2 aromatic rings. The molecule has 1 aliphatic carbocycles. The second kappa shape index (κ2) is 11.5. The summed E-state index contributed by atoms with van der Waals surface area (Å²) >= 11 is 0. The van der Waals surface area contributed by atoms with Gasteiger partial charge in [-0.15, -0.1) is 0 Å². The van der Waals surface area contributed by atoms with Gasteiger partial charge < -0.3 is 14.8 Å². The zero-order valence-electron chi connectivity index (χ0n) is 21.2. The Morgan fingerprint density at radius 3 is 2.00 bits per heavy atom. The number of carbonyl (C=O) groups is 4. The summed E-state index contributed by atoms with van der Waals surface area (Å²) in [4.78, 5) is 49.4. The lowest BCUT2D eigenvalue weighted by molar-refractivity contribution is -0.158. The minimum Gasteiger partial charge on any atom is -0.467 e. The largest absolute Gasteiger partial charge is 0.467 e. The number of ether oxygens (including phenoxy) is 2. The van der Waals surface area contributed by atoms with Gasteiger partial charge in [0.05, 0.1) is 0 Å². The Kier molecular flexibility index (Phi) is 8.11. The zero-order chi connectivity index (χ0) is 26.4. The molecule has 1 saturated carbocycles. The van der Waals surface area contributed by atoms with Crippen molar-refractivity contribution in [3.8, 4) is 17.2 Å². The maximum absolute atomic E-state index is 12.9. The van der Waals surface area contributed by atoms with Crippen molar-refractivity contribution in [1.29, 1.82) is 0 Å². The van der Waals surface area contributed by atoms with Gasteiger partial charge >= 0.3 is 6.03 Å². The zero-order valence-corrected chi connectivity index (χ0v) is 21.2. The van der Waals surface area contributed by atoms with Gasteiger partial charge in [-0.05, 0) is 60.7 Å². The van der Waals surface area contributed by atoms with Crippen LogP contribution >= 0.6 is 0 Å². The SMILES string of the molecule is CC(C)CC(=O)NCc1ccc(Oc2ccc(OC3(C4CCCCC4)C(=O)NC(=O)NC3=O)cc2)cc1. The molecule has 2 fully saturated rings. The minimum absolute atomic E-state index is 0.0256. The molecule has 1 aliphatic heterocycles. The van der Waals surface area contributed by atoms with Crippen molar-refractivity contribution in [2.24, 2.45) is 11.8 Å². The molecule has 9 heteroatoms. The van der Waals surface area contributed by atoms with E-state index in [2.05, 4.69) is 16.0 Å². The van der Waals surface area contributed by atoms with Crippen molar-refractivity contribution in [1.82, 2.24) is 16.0 Å². The number of hydrogen-bond donors (Lipinski definition) is 3. The molecule has 0 unspecified atom stereocenters. The van der Waals surface area contributed by atoms with Crippen molar-refractivity contribution in [2.75, 3.05) is 0 Å². The summed E-state index contributed by atoms with van der Waals surface area (Å²) in [7, 11) is 0. The van der Waals surface area contributed by atoms with Crippen molar-refractivity contribution in [3.05, 3.63) is 54.1 Å². The molecule has 1 heterocycles. The summed E-state index contributed by atoms with van der Waals surface area (Å²) in [6.07, 6.45) is 4.63. The average molecular weight is 508 g/mol. The lowest BCUT2D eigenvalue weighted by Gasteiger charge is -2.41. The van der Waals surface area contributed by atoms with Crippen LogP contribution in [-0.4, -0.2) is 29.4 Å². The molecule has 3 N–H and O–H groups in total. The van der Waals surface area contributed by atoms with E-state index in [1.807, 2.05) is 38.1 Å². The number of benzene rings is 2. The molecule has 196 valence electrons. The Labute approximate surface area is 216 Å². The van der Waals surface area contributed by atoms with Gasteiger partial charge in [0, 0.05) is 18.9 Å². The minimum atomic E-state index is -1.79. The number of urea groups is 1. The van der Waals surface area contributed by atoms with Gasteiger partial charge in [0.2, 0.25) is 5.91 Å². The van der Waals surface area contributed by atoms with Gasteiger partial charge in [0.15, 0.2) is 0 Å². The van der Waals surface area contributed by atoms with Gasteiger partial charge in [0.1, 0.15) is 17.2 Å². The predicted octanol–water partition coefficient (Wildman–Crippen LogP) is 4.21. The van der Waals surface area contributed by atoms with E-state index in [0.717, 1.165) is 24.8 Å². The van der Waals surface area contributed by atoms with Crippen LogP contribution in [0.5, 0.6) is 17.2 Å². The maximum atomic E-state index is 12.9. The summed E-state index contributed by atoms with van der Waals surface area (Å²) < 4.78 is 12.0. The summed E-state index contributed by atoms with van der Waals surface area (Å²) in [5.41, 5.74) is -0.833. The van der Waals surface area contributed by atoms with Crippen LogP contribution in [0.4, 0.5) is 4.79 Å². The van der Waals surface area contributed by atoms with E-state index in [1.54, 1.807) is 24.3 Å². The molecule has 0 aromatic heterocycles. The third kappa shape index (κ3) is 6.28. The molecule has 0 atom stereocenters. The normalized spacial score (nSPS) is 17.6. The molecule has 37 heavy (non-hydrogen) atoms. The van der Waals surface area contributed by atoms with E-state index >= 15 is 0 Å². The average Bonchev–Trinajstić information content (AvgIpc) is 2.87. The van der Waals surface area contributed by atoms with E-state index < -0.39 is 23.4 Å². The van der Waals surface area contributed by atoms with Crippen LogP contribution in [0.15, 0.2) is 48.5 Å². The standard InChI is InChI=1S/C28H33N3O6/c1-18(2)16-24(32)29-17-19-8-10-21(11-9-19)36-22-12-14-23(15-13-22)37-28(20-6-4-3-5-7-20)25(33)30-27(35)31-26(28)34/h8-15,18,20H,3-7,16-17H2,1-2H3,(H,29,32)(H2,30,31,33,34,35). The quantitative estimate of drug-likeness (QED) is 0.437. The van der Waals surface area contributed by atoms with Gasteiger partial charge in [-0.1, -0.05) is 45.2 Å². The van der Waals surface area contributed by atoms with Crippen LogP contribution < -0.4 is 25.4 Å². The molecule has 0 spiro atoms. The molecule has 2 aromatic carbocycles. The molecule has 2 aliphatic rings. The van der Waals surface area contributed by atoms with Gasteiger partial charge in [0.25, 0.3) is 17.4 Å². The summed E-state index contributed by atoms with van der Waals surface area (Å²) in [6, 6.07) is 13.2. The molecule has 5 amide bonds. The third-order valence-corrected chi connectivity index (χ3v) is 6.65. The summed E-state index contributed by atoms with van der Waals surface area (Å²) in [5, 5.41) is 7.32. The Balaban J connectivity index is 1.41. The second-order valence-corrected chi connectivity index (χ2v) is 10.0. The highest BCUT2D eigenvalue weighted by Crippen LogP contribution is 2.38. The van der Waals surface area contributed by atoms with Crippen LogP contribution in [0.1, 0.15) is 57.9 Å². The molecule has 4 rings (SSSR count). The van der Waals surface area contributed by atoms with E-state index in [-0.39, 0.29) is 11.8 Å². The number of hydrogen-bond acceptors (Lipinski definition) is 6. The van der Waals surface area contributed by atoms with Crippen LogP contribution in [0, 0.1) is 11.8 Å². The van der Waals surface area contributed by atoms with Crippen LogP contribution in [0.25, 0.3) is 0 Å². The molecular formula is C28H33N3O6. The Bertz CT molecular complexity index is 1120. The van der Waals surface area contributed by atoms with Crippen molar-refractivity contribution >= 4 is 23.8 Å². The topological polar surface area (TPSA) is 123 Å². The van der Waals surface area contributed by atoms with Crippen LogP contribution in [0.2, 0.25) is 0 Å². The monoisotopic (exact) mass is 507 g/mol. The predicted molar refractivity (Wildman–Crippen MR) is 136 cm³/mol. The van der Waals surface area contributed by atoms with Crippen LogP contribution in [-0.2, 0) is 20.9 Å². The fourth-order valence-electron chi connectivity index (χ4n) is 4.80. The molecule has 0 bridgehead atoms. The third-order valence-electron chi connectivity index (χ3n) is 6.65. The smallest absolute Gasteiger partial charge is 0.328 e. The van der Waals surface area contributed by atoms with Gasteiger partial charge in [-0.3, -0.25) is 25.0 Å². The van der Waals surface area contributed by atoms with Crippen LogP contribution in [0.3, 0.4) is 0 Å². The Morgan fingerprint density at radius 2 is 1.43 bits per heavy atom. The highest BCUT2D eigenvalue weighted by Gasteiger charge is 2.58. The fraction of sp³-hybridized carbons (Fsp3) is 0.429. The second-order valence-electron chi connectivity index (χ2n) is 10.0. The Morgan fingerprint density at radius 1 is 0.892 bits per heavy atom. The first kappa shape index (κ1) is 26.2. The van der Waals surface area contributed by atoms with Gasteiger partial charge in [-0.25, -0.2) is 4.79 Å². The molecule has 0 radical (unpaired) electrons. The van der Waals surface area contributed by atoms with Gasteiger partial charge in [-0.2, -0.15) is 0 Å². The number of barbiturate groups is 1. The number of imide groups is 2. The molecular weight excluding hydrogens is 474 g/mol. The lowest BCUT2D eigenvalue weighted by atomic mass is 9.75. The van der Waals surface area contributed by atoms with Crippen molar-refractivity contribution in [3.63, 3.8) is 0 Å². The highest BCUT2D eigenvalue weighted by molar-refractivity contribution is 6.22. The fourth-order valence-corrected chi connectivity index (χ4v) is 4.80. The molecule has 1 saturated heterocycles. The highest BCUT2D eigenvalue weighted by atomic mass is 16.5. The molecule has 9 nitrogen and oxygen atoms in total. The Hall–Kier alpha value is -3.88. The first-order chi connectivity index (χ1) is 17.8. The van der Waals surface area contributed by atoms with E-state index in [0.29, 0.717) is 49.0 Å².